The summed E-state index contributed by atoms with van der Waals surface area (Å²) in [4.78, 5) is 22.9. The Morgan fingerprint density at radius 2 is 1.80 bits per heavy atom. The fourth-order valence-electron chi connectivity index (χ4n) is 1.90. The lowest BCUT2D eigenvalue weighted by atomic mass is 9.84. The van der Waals surface area contributed by atoms with Crippen LogP contribution in [0.15, 0.2) is 30.3 Å². The summed E-state index contributed by atoms with van der Waals surface area (Å²) in [6.45, 7) is 6.05. The molecule has 1 atom stereocenters. The zero-order valence-electron chi connectivity index (χ0n) is 12.1. The number of anilines is 1. The zero-order valence-corrected chi connectivity index (χ0v) is 12.1. The topological polar surface area (TPSA) is 78.4 Å². The first-order valence-electron chi connectivity index (χ1n) is 6.60. The summed E-state index contributed by atoms with van der Waals surface area (Å²) >= 11 is 0. The van der Waals surface area contributed by atoms with Gasteiger partial charge in [-0.15, -0.1) is 0 Å². The highest BCUT2D eigenvalue weighted by atomic mass is 16.4. The molecule has 0 aliphatic rings. The normalized spacial score (nSPS) is 12.6. The van der Waals surface area contributed by atoms with Crippen LogP contribution in [0.2, 0.25) is 0 Å². The minimum Gasteiger partial charge on any atom is -0.481 e. The standard InChI is InChI=1S/C15H22N2O3/c1-15(2,3)9-11(13(18)19)10-16-14(20)17-12-7-5-4-6-8-12/h4-8,11H,9-10H2,1-3H3,(H,18,19)(H2,16,17,20). The molecule has 1 aromatic rings. The number of benzene rings is 1. The zero-order chi connectivity index (χ0) is 15.2. The van der Waals surface area contributed by atoms with Gasteiger partial charge >= 0.3 is 12.0 Å². The van der Waals surface area contributed by atoms with Crippen LogP contribution >= 0.6 is 0 Å². The molecule has 0 aliphatic heterocycles. The second kappa shape index (κ2) is 6.93. The van der Waals surface area contributed by atoms with Crippen LogP contribution in [0.4, 0.5) is 10.5 Å². The van der Waals surface area contributed by atoms with Crippen molar-refractivity contribution in [3.63, 3.8) is 0 Å². The summed E-state index contributed by atoms with van der Waals surface area (Å²) in [6.07, 6.45) is 0.508. The predicted molar refractivity (Wildman–Crippen MR) is 78.7 cm³/mol. The summed E-state index contributed by atoms with van der Waals surface area (Å²) in [5, 5.41) is 14.4. The van der Waals surface area contributed by atoms with Crippen molar-refractivity contribution in [1.29, 1.82) is 0 Å². The lowest BCUT2D eigenvalue weighted by Crippen LogP contribution is -2.37. The highest BCUT2D eigenvalue weighted by molar-refractivity contribution is 5.89. The van der Waals surface area contributed by atoms with Crippen LogP contribution < -0.4 is 10.6 Å². The number of nitrogens with one attached hydrogen (secondary N) is 2. The quantitative estimate of drug-likeness (QED) is 0.774. The molecule has 0 fully saturated rings. The van der Waals surface area contributed by atoms with E-state index < -0.39 is 17.9 Å². The number of hydrogen-bond donors (Lipinski definition) is 3. The van der Waals surface area contributed by atoms with Gasteiger partial charge in [-0.05, 0) is 24.0 Å². The van der Waals surface area contributed by atoms with Gasteiger partial charge in [-0.3, -0.25) is 4.79 Å². The molecule has 0 saturated heterocycles. The van der Waals surface area contributed by atoms with Crippen molar-refractivity contribution >= 4 is 17.7 Å². The van der Waals surface area contributed by atoms with Crippen LogP contribution in [0.3, 0.4) is 0 Å². The summed E-state index contributed by atoms with van der Waals surface area (Å²) < 4.78 is 0. The van der Waals surface area contributed by atoms with Crippen LogP contribution in [0, 0.1) is 11.3 Å². The minimum absolute atomic E-state index is 0.0966. The molecule has 0 aliphatic carbocycles. The van der Waals surface area contributed by atoms with Gasteiger partial charge in [0.2, 0.25) is 0 Å². The maximum Gasteiger partial charge on any atom is 0.319 e. The molecule has 1 unspecified atom stereocenters. The van der Waals surface area contributed by atoms with Crippen LogP contribution in [0.25, 0.3) is 0 Å². The number of rotatable bonds is 5. The number of carbonyl (C=O) groups excluding carboxylic acids is 1. The van der Waals surface area contributed by atoms with Crippen molar-refractivity contribution in [3.8, 4) is 0 Å². The molecule has 5 heteroatoms. The molecule has 110 valence electrons. The highest BCUT2D eigenvalue weighted by Gasteiger charge is 2.24. The maximum atomic E-state index is 11.7. The van der Waals surface area contributed by atoms with Gasteiger partial charge in [0.25, 0.3) is 0 Å². The average Bonchev–Trinajstić information content (AvgIpc) is 2.34. The number of carbonyl (C=O) groups is 2. The Morgan fingerprint density at radius 3 is 2.30 bits per heavy atom. The highest BCUT2D eigenvalue weighted by Crippen LogP contribution is 2.24. The number of carboxylic acids is 1. The van der Waals surface area contributed by atoms with Crippen LogP contribution in [0.1, 0.15) is 27.2 Å². The smallest absolute Gasteiger partial charge is 0.319 e. The molecule has 2 amide bonds. The predicted octanol–water partition coefficient (Wildman–Crippen LogP) is 2.95. The lowest BCUT2D eigenvalue weighted by molar-refractivity contribution is -0.142. The Labute approximate surface area is 119 Å². The molecular formula is C15H22N2O3. The molecule has 1 aromatic carbocycles. The number of carboxylic acid groups (broad SMARTS) is 1. The second-order valence-corrected chi connectivity index (χ2v) is 6.00. The fraction of sp³-hybridized carbons (Fsp3) is 0.467. The first kappa shape index (κ1) is 16.0. The van der Waals surface area contributed by atoms with Crippen molar-refractivity contribution in [2.75, 3.05) is 11.9 Å². The van der Waals surface area contributed by atoms with E-state index in [1.54, 1.807) is 12.1 Å². The van der Waals surface area contributed by atoms with E-state index in [4.69, 9.17) is 5.11 Å². The molecule has 0 radical (unpaired) electrons. The number of urea groups is 1. The van der Waals surface area contributed by atoms with E-state index in [0.717, 1.165) is 0 Å². The molecule has 20 heavy (non-hydrogen) atoms. The molecule has 0 heterocycles. The Morgan fingerprint density at radius 1 is 1.20 bits per heavy atom. The Hall–Kier alpha value is -2.04. The van der Waals surface area contributed by atoms with Crippen molar-refractivity contribution in [2.45, 2.75) is 27.2 Å². The van der Waals surface area contributed by atoms with Crippen molar-refractivity contribution in [1.82, 2.24) is 5.32 Å². The Balaban J connectivity index is 2.47. The van der Waals surface area contributed by atoms with Crippen LogP contribution in [0.5, 0.6) is 0 Å². The second-order valence-electron chi connectivity index (χ2n) is 6.00. The number of amides is 2. The maximum absolute atomic E-state index is 11.7. The summed E-state index contributed by atoms with van der Waals surface area (Å²) in [7, 11) is 0. The van der Waals surface area contributed by atoms with E-state index in [9.17, 15) is 9.59 Å². The van der Waals surface area contributed by atoms with E-state index in [-0.39, 0.29) is 12.0 Å². The van der Waals surface area contributed by atoms with E-state index in [2.05, 4.69) is 10.6 Å². The number of hydrogen-bond acceptors (Lipinski definition) is 2. The third-order valence-electron chi connectivity index (χ3n) is 2.75. The molecule has 0 bridgehead atoms. The van der Waals surface area contributed by atoms with Crippen molar-refractivity contribution < 1.29 is 14.7 Å². The van der Waals surface area contributed by atoms with Crippen LogP contribution in [-0.4, -0.2) is 23.7 Å². The van der Waals surface area contributed by atoms with E-state index in [1.807, 2.05) is 39.0 Å². The van der Waals surface area contributed by atoms with Gasteiger partial charge in [-0.1, -0.05) is 39.0 Å². The van der Waals surface area contributed by atoms with Crippen LogP contribution in [-0.2, 0) is 4.79 Å². The third-order valence-corrected chi connectivity index (χ3v) is 2.75. The number of aliphatic carboxylic acids is 1. The SMILES string of the molecule is CC(C)(C)CC(CNC(=O)Nc1ccccc1)C(=O)O. The van der Waals surface area contributed by atoms with E-state index >= 15 is 0 Å². The third kappa shape index (κ3) is 6.22. The van der Waals surface area contributed by atoms with E-state index in [0.29, 0.717) is 12.1 Å². The minimum atomic E-state index is -0.889. The number of para-hydroxylation sites is 1. The fourth-order valence-corrected chi connectivity index (χ4v) is 1.90. The largest absolute Gasteiger partial charge is 0.481 e. The molecular weight excluding hydrogens is 256 g/mol. The first-order valence-corrected chi connectivity index (χ1v) is 6.60. The van der Waals surface area contributed by atoms with Gasteiger partial charge in [0.15, 0.2) is 0 Å². The van der Waals surface area contributed by atoms with Gasteiger partial charge in [0, 0.05) is 12.2 Å². The summed E-state index contributed by atoms with van der Waals surface area (Å²) in [5.74, 6) is -1.48. The average molecular weight is 278 g/mol. The van der Waals surface area contributed by atoms with Gasteiger partial charge in [0.1, 0.15) is 0 Å². The molecule has 1 rings (SSSR count). The van der Waals surface area contributed by atoms with Gasteiger partial charge in [0.05, 0.1) is 5.92 Å². The molecule has 0 spiro atoms. The monoisotopic (exact) mass is 278 g/mol. The molecule has 5 nitrogen and oxygen atoms in total. The summed E-state index contributed by atoms with van der Waals surface area (Å²) in [5.41, 5.74) is 0.577. The Kier molecular flexibility index (Phi) is 5.55. The van der Waals surface area contributed by atoms with Gasteiger partial charge < -0.3 is 15.7 Å². The molecule has 3 N–H and O–H groups in total. The lowest BCUT2D eigenvalue weighted by Gasteiger charge is -2.23. The molecule has 0 saturated carbocycles. The van der Waals surface area contributed by atoms with Crippen molar-refractivity contribution in [2.24, 2.45) is 11.3 Å². The summed E-state index contributed by atoms with van der Waals surface area (Å²) in [6, 6.07) is 8.63. The first-order chi connectivity index (χ1) is 9.28. The Bertz CT molecular complexity index is 452. The van der Waals surface area contributed by atoms with Gasteiger partial charge in [-0.2, -0.15) is 0 Å². The van der Waals surface area contributed by atoms with E-state index in [1.165, 1.54) is 0 Å². The van der Waals surface area contributed by atoms with Crippen molar-refractivity contribution in [3.05, 3.63) is 30.3 Å². The molecule has 0 aromatic heterocycles. The van der Waals surface area contributed by atoms with Gasteiger partial charge in [-0.25, -0.2) is 4.79 Å².